The van der Waals surface area contributed by atoms with Crippen LogP contribution < -0.4 is 0 Å². The van der Waals surface area contributed by atoms with E-state index in [-0.39, 0.29) is 13.1 Å². The summed E-state index contributed by atoms with van der Waals surface area (Å²) < 4.78 is 36.9. The number of amides is 1. The van der Waals surface area contributed by atoms with Crippen LogP contribution in [0.4, 0.5) is 13.2 Å². The van der Waals surface area contributed by atoms with Gasteiger partial charge in [-0.2, -0.15) is 8.78 Å². The predicted molar refractivity (Wildman–Crippen MR) is 36.9 cm³/mol. The Labute approximate surface area is 72.3 Å². The number of nitrogens with zero attached hydrogens (tertiary/aromatic N) is 1. The lowest BCUT2D eigenvalue weighted by Crippen LogP contribution is -2.61. The van der Waals surface area contributed by atoms with Crippen LogP contribution in [0.2, 0.25) is 0 Å². The van der Waals surface area contributed by atoms with E-state index in [9.17, 15) is 18.0 Å². The maximum absolute atomic E-state index is 12.7. The molecule has 0 spiro atoms. The molecule has 1 heterocycles. The normalized spacial score (nSPS) is 21.9. The fourth-order valence-corrected chi connectivity index (χ4v) is 1.19. The van der Waals surface area contributed by atoms with Gasteiger partial charge in [-0.05, 0) is 18.5 Å². The lowest BCUT2D eigenvalue weighted by atomic mass is 9.99. The Balaban J connectivity index is 2.50. The van der Waals surface area contributed by atoms with Crippen LogP contribution >= 0.6 is 11.6 Å². The Kier molecular flexibility index (Phi) is 2.02. The first-order valence-electron chi connectivity index (χ1n) is 3.27. The summed E-state index contributed by atoms with van der Waals surface area (Å²) in [5, 5.41) is -3.91. The smallest absolute Gasteiger partial charge is 0.330 e. The number of likely N-dealkylation sites (tertiary alicyclic amines) is 1. The number of alkyl halides is 4. The molecule has 0 aromatic heterocycles. The monoisotopic (exact) mass is 201 g/mol. The number of hydrogen-bond donors (Lipinski definition) is 0. The first-order valence-corrected chi connectivity index (χ1v) is 3.65. The van der Waals surface area contributed by atoms with Gasteiger partial charge < -0.3 is 4.90 Å². The molecule has 1 saturated heterocycles. The fourth-order valence-electron chi connectivity index (χ4n) is 1.07. The van der Waals surface area contributed by atoms with Gasteiger partial charge in [-0.1, -0.05) is 0 Å². The van der Waals surface area contributed by atoms with Gasteiger partial charge in [0.05, 0.1) is 13.1 Å². The van der Waals surface area contributed by atoms with Crippen LogP contribution in [0.15, 0.2) is 0 Å². The maximum atomic E-state index is 12.7. The lowest BCUT2D eigenvalue weighted by molar-refractivity contribution is -0.160. The molecule has 70 valence electrons. The Morgan fingerprint density at radius 3 is 2.25 bits per heavy atom. The van der Waals surface area contributed by atoms with Crippen molar-refractivity contribution in [1.82, 2.24) is 4.90 Å². The number of hydrogen-bond acceptors (Lipinski definition) is 1. The molecule has 0 aliphatic carbocycles. The average Bonchev–Trinajstić information content (AvgIpc) is 1.78. The van der Waals surface area contributed by atoms with Crippen LogP contribution in [0.1, 0.15) is 6.92 Å². The highest BCUT2D eigenvalue weighted by Crippen LogP contribution is 2.30. The van der Waals surface area contributed by atoms with E-state index in [1.54, 1.807) is 0 Å². The molecule has 1 aliphatic rings. The highest BCUT2D eigenvalue weighted by Gasteiger charge is 2.49. The van der Waals surface area contributed by atoms with Crippen LogP contribution in [-0.2, 0) is 4.79 Å². The van der Waals surface area contributed by atoms with E-state index in [1.807, 2.05) is 0 Å². The molecule has 0 aromatic carbocycles. The van der Waals surface area contributed by atoms with Gasteiger partial charge in [-0.3, -0.25) is 4.79 Å². The van der Waals surface area contributed by atoms with Crippen LogP contribution in [-0.4, -0.2) is 34.9 Å². The van der Waals surface area contributed by atoms with Crippen LogP contribution in [0.5, 0.6) is 0 Å². The minimum atomic E-state index is -3.91. The summed E-state index contributed by atoms with van der Waals surface area (Å²) >= 11 is 4.44. The summed E-state index contributed by atoms with van der Waals surface area (Å²) in [6.07, 6.45) is 0. The lowest BCUT2D eigenvalue weighted by Gasteiger charge is -2.42. The van der Waals surface area contributed by atoms with Crippen molar-refractivity contribution in [2.75, 3.05) is 13.1 Å². The molecule has 2 nitrogen and oxygen atoms in total. The summed E-state index contributed by atoms with van der Waals surface area (Å²) in [5.41, 5.74) is -1.54. The fraction of sp³-hybridized carbons (Fsp3) is 0.833. The third-order valence-corrected chi connectivity index (χ3v) is 1.73. The van der Waals surface area contributed by atoms with E-state index in [2.05, 4.69) is 11.6 Å². The first kappa shape index (κ1) is 9.64. The SMILES string of the molecule is CC1(F)CN(C(=O)C(F)(F)Cl)C1. The van der Waals surface area contributed by atoms with Crippen LogP contribution in [0.25, 0.3) is 0 Å². The third-order valence-electron chi connectivity index (χ3n) is 1.57. The van der Waals surface area contributed by atoms with E-state index < -0.39 is 17.0 Å². The van der Waals surface area contributed by atoms with Gasteiger partial charge in [0.15, 0.2) is 0 Å². The van der Waals surface area contributed by atoms with Crippen molar-refractivity contribution in [3.63, 3.8) is 0 Å². The zero-order chi connectivity index (χ0) is 9.57. The maximum Gasteiger partial charge on any atom is 0.399 e. The van der Waals surface area contributed by atoms with Crippen molar-refractivity contribution in [3.05, 3.63) is 0 Å². The molecule has 12 heavy (non-hydrogen) atoms. The van der Waals surface area contributed by atoms with Gasteiger partial charge in [0.25, 0.3) is 0 Å². The van der Waals surface area contributed by atoms with Gasteiger partial charge in [-0.15, -0.1) is 0 Å². The molecule has 6 heteroatoms. The Morgan fingerprint density at radius 2 is 2.00 bits per heavy atom. The molecular formula is C6H7ClF3NO. The van der Waals surface area contributed by atoms with E-state index >= 15 is 0 Å². The minimum Gasteiger partial charge on any atom is -0.330 e. The van der Waals surface area contributed by atoms with Crippen molar-refractivity contribution in [3.8, 4) is 0 Å². The summed E-state index contributed by atoms with van der Waals surface area (Å²) in [6, 6.07) is 0. The minimum absolute atomic E-state index is 0.311. The van der Waals surface area contributed by atoms with Crippen molar-refractivity contribution < 1.29 is 18.0 Å². The van der Waals surface area contributed by atoms with Crippen molar-refractivity contribution in [2.45, 2.75) is 18.0 Å². The number of halogens is 4. The molecule has 1 amide bonds. The number of carbonyl (C=O) groups excluding carboxylic acids is 1. The average molecular weight is 202 g/mol. The van der Waals surface area contributed by atoms with E-state index in [0.29, 0.717) is 4.90 Å². The molecule has 0 aromatic rings. The second-order valence-corrected chi connectivity index (χ2v) is 3.55. The zero-order valence-corrected chi connectivity index (χ0v) is 7.04. The summed E-state index contributed by atoms with van der Waals surface area (Å²) in [4.78, 5) is 11.3. The molecule has 1 rings (SSSR count). The molecule has 0 atom stereocenters. The van der Waals surface area contributed by atoms with Gasteiger partial charge >= 0.3 is 11.3 Å². The highest BCUT2D eigenvalue weighted by atomic mass is 35.5. The zero-order valence-electron chi connectivity index (χ0n) is 6.28. The summed E-state index contributed by atoms with van der Waals surface area (Å²) in [7, 11) is 0. The Morgan fingerprint density at radius 1 is 1.58 bits per heavy atom. The first-order chi connectivity index (χ1) is 5.22. The Bertz CT molecular complexity index is 205. The van der Waals surface area contributed by atoms with Crippen molar-refractivity contribution in [2.24, 2.45) is 0 Å². The van der Waals surface area contributed by atoms with E-state index in [0.717, 1.165) is 0 Å². The largest absolute Gasteiger partial charge is 0.399 e. The second-order valence-electron chi connectivity index (χ2n) is 3.07. The quantitative estimate of drug-likeness (QED) is 0.587. The molecule has 0 saturated carbocycles. The topological polar surface area (TPSA) is 20.3 Å². The number of rotatable bonds is 1. The van der Waals surface area contributed by atoms with Gasteiger partial charge in [0, 0.05) is 0 Å². The molecule has 0 bridgehead atoms. The second kappa shape index (κ2) is 2.52. The molecule has 1 aliphatic heterocycles. The Hall–Kier alpha value is -0.450. The summed E-state index contributed by atoms with van der Waals surface area (Å²) in [6.45, 7) is 0.617. The van der Waals surface area contributed by atoms with E-state index in [4.69, 9.17) is 0 Å². The highest BCUT2D eigenvalue weighted by molar-refractivity contribution is 6.32. The van der Waals surface area contributed by atoms with Gasteiger partial charge in [0.1, 0.15) is 5.67 Å². The third kappa shape index (κ3) is 1.83. The predicted octanol–water partition coefficient (Wildman–Crippen LogP) is 1.39. The standard InChI is InChI=1S/C6H7ClF3NO/c1-5(8)2-11(3-5)4(12)6(7,9)10/h2-3H2,1H3. The molecule has 0 unspecified atom stereocenters. The van der Waals surface area contributed by atoms with Crippen molar-refractivity contribution in [1.29, 1.82) is 0 Å². The molecular weight excluding hydrogens is 195 g/mol. The molecule has 0 radical (unpaired) electrons. The van der Waals surface area contributed by atoms with Gasteiger partial charge in [-0.25, -0.2) is 4.39 Å². The van der Waals surface area contributed by atoms with Crippen LogP contribution in [0.3, 0.4) is 0 Å². The summed E-state index contributed by atoms with van der Waals surface area (Å²) in [5.74, 6) is -1.53. The molecule has 0 N–H and O–H groups in total. The van der Waals surface area contributed by atoms with Crippen molar-refractivity contribution >= 4 is 17.5 Å². The molecule has 1 fully saturated rings. The van der Waals surface area contributed by atoms with Gasteiger partial charge in [0.2, 0.25) is 0 Å². The van der Waals surface area contributed by atoms with Crippen LogP contribution in [0, 0.1) is 0 Å². The van der Waals surface area contributed by atoms with E-state index in [1.165, 1.54) is 6.92 Å². The number of carbonyl (C=O) groups is 1.